The highest BCUT2D eigenvalue weighted by Crippen LogP contribution is 2.25. The fraction of sp³-hybridized carbons (Fsp3) is 0.133. The number of fused-ring (bicyclic) bond motifs is 1. The Balaban J connectivity index is 2.21. The van der Waals surface area contributed by atoms with Gasteiger partial charge >= 0.3 is 0 Å². The molecule has 0 fully saturated rings. The molecular weight excluding hydrogens is 222 g/mol. The standard InChI is InChI=1S/C15H15N3/c1-16-12-7-5-6-11(10-12)15-17-13-8-3-4-9-14(13)18(15)2/h3-10,16H,1-2H3. The fourth-order valence-corrected chi connectivity index (χ4v) is 2.22. The molecule has 0 bridgehead atoms. The maximum absolute atomic E-state index is 4.69. The minimum atomic E-state index is 0.994. The van der Waals surface area contributed by atoms with Crippen LogP contribution < -0.4 is 5.32 Å². The second-order valence-electron chi connectivity index (χ2n) is 4.31. The largest absolute Gasteiger partial charge is 0.388 e. The van der Waals surface area contributed by atoms with Gasteiger partial charge in [0.15, 0.2) is 0 Å². The number of para-hydroxylation sites is 2. The van der Waals surface area contributed by atoms with E-state index >= 15 is 0 Å². The molecule has 3 nitrogen and oxygen atoms in total. The summed E-state index contributed by atoms with van der Waals surface area (Å²) in [6, 6.07) is 16.5. The van der Waals surface area contributed by atoms with E-state index < -0.39 is 0 Å². The lowest BCUT2D eigenvalue weighted by Gasteiger charge is -2.05. The molecule has 0 atom stereocenters. The molecule has 1 N–H and O–H groups in total. The van der Waals surface area contributed by atoms with Crippen LogP contribution in [0.4, 0.5) is 5.69 Å². The van der Waals surface area contributed by atoms with E-state index in [0.29, 0.717) is 0 Å². The second kappa shape index (κ2) is 4.18. The van der Waals surface area contributed by atoms with E-state index in [-0.39, 0.29) is 0 Å². The van der Waals surface area contributed by atoms with Crippen LogP contribution in [0.15, 0.2) is 48.5 Å². The molecule has 0 aliphatic carbocycles. The first-order chi connectivity index (χ1) is 8.79. The van der Waals surface area contributed by atoms with Crippen LogP contribution in [-0.2, 0) is 7.05 Å². The lowest BCUT2D eigenvalue weighted by Crippen LogP contribution is -1.94. The number of aryl methyl sites for hydroxylation is 1. The van der Waals surface area contributed by atoms with Crippen LogP contribution in [0.25, 0.3) is 22.4 Å². The summed E-state index contributed by atoms with van der Waals surface area (Å²) in [5.74, 6) is 0.994. The summed E-state index contributed by atoms with van der Waals surface area (Å²) in [5.41, 5.74) is 4.41. The van der Waals surface area contributed by atoms with Crippen molar-refractivity contribution >= 4 is 16.7 Å². The molecular formula is C15H15N3. The molecule has 1 aromatic heterocycles. The predicted molar refractivity (Wildman–Crippen MR) is 75.7 cm³/mol. The first kappa shape index (κ1) is 10.8. The number of nitrogens with zero attached hydrogens (tertiary/aromatic N) is 2. The number of nitrogens with one attached hydrogen (secondary N) is 1. The summed E-state index contributed by atoms with van der Waals surface area (Å²) in [7, 11) is 3.98. The summed E-state index contributed by atoms with van der Waals surface area (Å²) >= 11 is 0. The third-order valence-electron chi connectivity index (χ3n) is 3.20. The van der Waals surface area contributed by atoms with Gasteiger partial charge in [0, 0.05) is 25.3 Å². The summed E-state index contributed by atoms with van der Waals surface area (Å²) in [6.45, 7) is 0. The van der Waals surface area contributed by atoms with Crippen molar-refractivity contribution in [3.05, 3.63) is 48.5 Å². The Morgan fingerprint density at radius 1 is 1.06 bits per heavy atom. The zero-order valence-corrected chi connectivity index (χ0v) is 10.5. The number of aromatic nitrogens is 2. The topological polar surface area (TPSA) is 29.9 Å². The number of imidazole rings is 1. The Morgan fingerprint density at radius 2 is 1.89 bits per heavy atom. The van der Waals surface area contributed by atoms with Crippen LogP contribution in [0.2, 0.25) is 0 Å². The van der Waals surface area contributed by atoms with Gasteiger partial charge in [-0.05, 0) is 24.3 Å². The van der Waals surface area contributed by atoms with Crippen LogP contribution >= 0.6 is 0 Å². The van der Waals surface area contributed by atoms with E-state index in [4.69, 9.17) is 4.98 Å². The van der Waals surface area contributed by atoms with Crippen LogP contribution in [0.3, 0.4) is 0 Å². The second-order valence-corrected chi connectivity index (χ2v) is 4.31. The molecule has 3 aromatic rings. The first-order valence-electron chi connectivity index (χ1n) is 5.99. The maximum Gasteiger partial charge on any atom is 0.140 e. The van der Waals surface area contributed by atoms with Crippen molar-refractivity contribution in [2.45, 2.75) is 0 Å². The van der Waals surface area contributed by atoms with Crippen molar-refractivity contribution < 1.29 is 0 Å². The Labute approximate surface area is 106 Å². The van der Waals surface area contributed by atoms with Crippen molar-refractivity contribution in [3.8, 4) is 11.4 Å². The van der Waals surface area contributed by atoms with E-state index in [1.165, 1.54) is 0 Å². The number of hydrogen-bond acceptors (Lipinski definition) is 2. The van der Waals surface area contributed by atoms with Gasteiger partial charge in [0.1, 0.15) is 5.82 Å². The minimum absolute atomic E-state index is 0.994. The van der Waals surface area contributed by atoms with Gasteiger partial charge in [-0.1, -0.05) is 24.3 Å². The van der Waals surface area contributed by atoms with Crippen molar-refractivity contribution in [1.29, 1.82) is 0 Å². The molecule has 2 aromatic carbocycles. The van der Waals surface area contributed by atoms with Gasteiger partial charge < -0.3 is 9.88 Å². The van der Waals surface area contributed by atoms with E-state index in [0.717, 1.165) is 28.1 Å². The average Bonchev–Trinajstić information content (AvgIpc) is 2.77. The van der Waals surface area contributed by atoms with E-state index in [1.54, 1.807) is 0 Å². The average molecular weight is 237 g/mol. The first-order valence-corrected chi connectivity index (χ1v) is 5.99. The Bertz CT molecular complexity index is 698. The molecule has 0 saturated carbocycles. The summed E-state index contributed by atoms with van der Waals surface area (Å²) < 4.78 is 2.13. The van der Waals surface area contributed by atoms with Crippen LogP contribution in [-0.4, -0.2) is 16.6 Å². The molecule has 0 saturated heterocycles. The summed E-state index contributed by atoms with van der Waals surface area (Å²) in [6.07, 6.45) is 0. The zero-order chi connectivity index (χ0) is 12.5. The lowest BCUT2D eigenvalue weighted by atomic mass is 10.2. The SMILES string of the molecule is CNc1cccc(-c2nc3ccccc3n2C)c1. The molecule has 18 heavy (non-hydrogen) atoms. The van der Waals surface area contributed by atoms with Gasteiger partial charge in [-0.15, -0.1) is 0 Å². The normalized spacial score (nSPS) is 10.8. The van der Waals surface area contributed by atoms with Gasteiger partial charge in [-0.25, -0.2) is 4.98 Å². The molecule has 1 heterocycles. The van der Waals surface area contributed by atoms with Crippen LogP contribution in [0.1, 0.15) is 0 Å². The van der Waals surface area contributed by atoms with Gasteiger partial charge in [-0.2, -0.15) is 0 Å². The van der Waals surface area contributed by atoms with Crippen molar-refractivity contribution in [2.75, 3.05) is 12.4 Å². The third-order valence-corrected chi connectivity index (χ3v) is 3.20. The quantitative estimate of drug-likeness (QED) is 0.741. The van der Waals surface area contributed by atoms with Gasteiger partial charge in [0.05, 0.1) is 11.0 Å². The molecule has 0 unspecified atom stereocenters. The Morgan fingerprint density at radius 3 is 2.67 bits per heavy atom. The molecule has 90 valence electrons. The minimum Gasteiger partial charge on any atom is -0.388 e. The van der Waals surface area contributed by atoms with E-state index in [2.05, 4.69) is 35.1 Å². The number of rotatable bonds is 2. The monoisotopic (exact) mass is 237 g/mol. The van der Waals surface area contributed by atoms with Crippen molar-refractivity contribution in [2.24, 2.45) is 7.05 Å². The van der Waals surface area contributed by atoms with Crippen molar-refractivity contribution in [1.82, 2.24) is 9.55 Å². The smallest absolute Gasteiger partial charge is 0.140 e. The maximum atomic E-state index is 4.69. The van der Waals surface area contributed by atoms with Crippen LogP contribution in [0.5, 0.6) is 0 Å². The molecule has 0 aliphatic rings. The predicted octanol–water partition coefficient (Wildman–Crippen LogP) is 3.28. The highest BCUT2D eigenvalue weighted by atomic mass is 15.1. The van der Waals surface area contributed by atoms with Crippen molar-refractivity contribution in [3.63, 3.8) is 0 Å². The van der Waals surface area contributed by atoms with E-state index in [1.807, 2.05) is 37.4 Å². The summed E-state index contributed by atoms with van der Waals surface area (Å²) in [4.78, 5) is 4.69. The number of anilines is 1. The highest BCUT2D eigenvalue weighted by molar-refractivity contribution is 5.81. The lowest BCUT2D eigenvalue weighted by molar-refractivity contribution is 0.959. The van der Waals surface area contributed by atoms with Gasteiger partial charge in [0.2, 0.25) is 0 Å². The highest BCUT2D eigenvalue weighted by Gasteiger charge is 2.09. The molecule has 3 heteroatoms. The van der Waals surface area contributed by atoms with Gasteiger partial charge in [0.25, 0.3) is 0 Å². The number of hydrogen-bond donors (Lipinski definition) is 1. The van der Waals surface area contributed by atoms with Gasteiger partial charge in [-0.3, -0.25) is 0 Å². The zero-order valence-electron chi connectivity index (χ0n) is 10.5. The third kappa shape index (κ3) is 1.64. The number of benzene rings is 2. The fourth-order valence-electron chi connectivity index (χ4n) is 2.22. The summed E-state index contributed by atoms with van der Waals surface area (Å²) in [5, 5.41) is 3.15. The molecule has 0 aliphatic heterocycles. The molecule has 0 radical (unpaired) electrons. The Hall–Kier alpha value is -2.29. The molecule has 0 spiro atoms. The molecule has 0 amide bonds. The van der Waals surface area contributed by atoms with E-state index in [9.17, 15) is 0 Å². The van der Waals surface area contributed by atoms with Crippen LogP contribution in [0, 0.1) is 0 Å². The molecule has 3 rings (SSSR count). The Kier molecular flexibility index (Phi) is 2.52.